The number of hydrogen-bond acceptors (Lipinski definition) is 6. The Balaban J connectivity index is 1.93. The van der Waals surface area contributed by atoms with Crippen LogP contribution in [0.4, 0.5) is 0 Å². The number of hydrogen-bond donors (Lipinski definition) is 0. The molecule has 23 heavy (non-hydrogen) atoms. The van der Waals surface area contributed by atoms with Gasteiger partial charge in [0.15, 0.2) is 0 Å². The lowest BCUT2D eigenvalue weighted by Gasteiger charge is -2.36. The Kier molecular flexibility index (Phi) is 8.89. The van der Waals surface area contributed by atoms with Crippen molar-refractivity contribution < 1.29 is 9.53 Å². The minimum Gasteiger partial charge on any atom is -0.467 e. The predicted molar refractivity (Wildman–Crippen MR) is 92.7 cm³/mol. The Hall–Kier alpha value is -0.690. The second-order valence-electron chi connectivity index (χ2n) is 6.69. The highest BCUT2D eigenvalue weighted by molar-refractivity contribution is 5.36. The number of nitrogens with zero attached hydrogens (tertiary/aromatic N) is 4. The summed E-state index contributed by atoms with van der Waals surface area (Å²) < 4.78 is 4.89. The van der Waals surface area contributed by atoms with Crippen LogP contribution in [0.15, 0.2) is 0 Å². The Morgan fingerprint density at radius 2 is 1.30 bits per heavy atom. The predicted octanol–water partition coefficient (Wildman–Crippen LogP) is 0.195. The van der Waals surface area contributed by atoms with Crippen molar-refractivity contribution in [3.8, 4) is 0 Å². The summed E-state index contributed by atoms with van der Waals surface area (Å²) in [6, 6.07) is 0. The van der Waals surface area contributed by atoms with E-state index in [0.29, 0.717) is 13.1 Å². The van der Waals surface area contributed by atoms with E-state index in [-0.39, 0.29) is 0 Å². The zero-order chi connectivity index (χ0) is 16.3. The summed E-state index contributed by atoms with van der Waals surface area (Å²) in [5.41, 5.74) is 0. The molecule has 2 aliphatic rings. The van der Waals surface area contributed by atoms with Gasteiger partial charge < -0.3 is 19.4 Å². The summed E-state index contributed by atoms with van der Waals surface area (Å²) in [5, 5.41) is 0. The molecule has 2 fully saturated rings. The second-order valence-corrected chi connectivity index (χ2v) is 6.69. The van der Waals surface area contributed by atoms with Gasteiger partial charge in [-0.2, -0.15) is 0 Å². The third kappa shape index (κ3) is 7.16. The minimum atomic E-state index is 0.508. The van der Waals surface area contributed by atoms with Gasteiger partial charge in [0.25, 0.3) is 6.47 Å². The molecular weight excluding hydrogens is 292 g/mol. The Morgan fingerprint density at radius 3 is 1.78 bits per heavy atom. The van der Waals surface area contributed by atoms with Crippen LogP contribution >= 0.6 is 0 Å². The Morgan fingerprint density at radius 1 is 0.783 bits per heavy atom. The first-order valence-corrected chi connectivity index (χ1v) is 9.26. The van der Waals surface area contributed by atoms with Gasteiger partial charge in [0.2, 0.25) is 0 Å². The summed E-state index contributed by atoms with van der Waals surface area (Å²) >= 11 is 0. The van der Waals surface area contributed by atoms with E-state index in [9.17, 15) is 4.79 Å². The number of carbonyl (C=O) groups excluding carboxylic acids is 1. The summed E-state index contributed by atoms with van der Waals surface area (Å²) in [7, 11) is 0. The highest BCUT2D eigenvalue weighted by Crippen LogP contribution is 2.06. The van der Waals surface area contributed by atoms with Crippen molar-refractivity contribution in [3.05, 3.63) is 0 Å². The summed E-state index contributed by atoms with van der Waals surface area (Å²) in [4.78, 5) is 20.6. The Bertz CT molecular complexity index is 310. The highest BCUT2D eigenvalue weighted by atomic mass is 16.5. The fourth-order valence-electron chi connectivity index (χ4n) is 3.54. The SMILES string of the molecule is CCCN1CCN2CCCN(CC1)CCN(CCOC=O)CC2. The van der Waals surface area contributed by atoms with Crippen molar-refractivity contribution in [1.29, 1.82) is 0 Å². The largest absolute Gasteiger partial charge is 0.467 e. The van der Waals surface area contributed by atoms with E-state index in [1.54, 1.807) is 0 Å². The van der Waals surface area contributed by atoms with Gasteiger partial charge in [-0.25, -0.2) is 0 Å². The van der Waals surface area contributed by atoms with E-state index < -0.39 is 0 Å². The van der Waals surface area contributed by atoms with Crippen LogP contribution in [0, 0.1) is 0 Å². The van der Waals surface area contributed by atoms with Crippen molar-refractivity contribution in [2.24, 2.45) is 0 Å². The smallest absolute Gasteiger partial charge is 0.293 e. The molecule has 0 aliphatic carbocycles. The van der Waals surface area contributed by atoms with E-state index in [2.05, 4.69) is 26.5 Å². The maximum atomic E-state index is 10.3. The van der Waals surface area contributed by atoms with E-state index in [0.717, 1.165) is 32.7 Å². The van der Waals surface area contributed by atoms with E-state index in [4.69, 9.17) is 4.74 Å². The molecule has 2 bridgehead atoms. The molecule has 0 aromatic heterocycles. The maximum absolute atomic E-state index is 10.3. The normalized spacial score (nSPS) is 28.6. The zero-order valence-corrected chi connectivity index (χ0v) is 14.8. The van der Waals surface area contributed by atoms with Crippen LogP contribution in [-0.2, 0) is 9.53 Å². The first-order chi connectivity index (χ1) is 11.3. The summed E-state index contributed by atoms with van der Waals surface area (Å²) in [6.07, 6.45) is 2.52. The van der Waals surface area contributed by atoms with Gasteiger partial charge in [-0.15, -0.1) is 0 Å². The first kappa shape index (κ1) is 18.6. The van der Waals surface area contributed by atoms with Crippen molar-refractivity contribution >= 4 is 6.47 Å². The molecule has 2 atom stereocenters. The Labute approximate surface area is 141 Å². The maximum Gasteiger partial charge on any atom is 0.293 e. The van der Waals surface area contributed by atoms with Gasteiger partial charge in [0, 0.05) is 58.9 Å². The van der Waals surface area contributed by atoms with E-state index in [1.807, 2.05) is 0 Å². The fraction of sp³-hybridized carbons (Fsp3) is 0.941. The first-order valence-electron chi connectivity index (χ1n) is 9.26. The lowest BCUT2D eigenvalue weighted by molar-refractivity contribution is -0.129. The molecule has 0 spiro atoms. The van der Waals surface area contributed by atoms with Gasteiger partial charge in [0.05, 0.1) is 0 Å². The van der Waals surface area contributed by atoms with Crippen molar-refractivity contribution in [2.45, 2.75) is 19.8 Å². The van der Waals surface area contributed by atoms with Crippen LogP contribution in [0.25, 0.3) is 0 Å². The van der Waals surface area contributed by atoms with Crippen LogP contribution in [0.3, 0.4) is 0 Å². The van der Waals surface area contributed by atoms with Gasteiger partial charge in [-0.1, -0.05) is 6.92 Å². The lowest BCUT2D eigenvalue weighted by atomic mass is 10.2. The quantitative estimate of drug-likeness (QED) is 0.513. The van der Waals surface area contributed by atoms with Crippen LogP contribution < -0.4 is 0 Å². The molecule has 2 aliphatic heterocycles. The molecule has 6 nitrogen and oxygen atoms in total. The lowest BCUT2D eigenvalue weighted by Crippen LogP contribution is -2.49. The number of ether oxygens (including phenoxy) is 1. The van der Waals surface area contributed by atoms with Gasteiger partial charge in [0.1, 0.15) is 6.61 Å². The average molecular weight is 326 g/mol. The number of rotatable bonds is 6. The molecule has 0 aromatic carbocycles. The third-order valence-electron chi connectivity index (χ3n) is 5.01. The second kappa shape index (κ2) is 11.0. The molecule has 2 unspecified atom stereocenters. The van der Waals surface area contributed by atoms with E-state index in [1.165, 1.54) is 58.7 Å². The van der Waals surface area contributed by atoms with Gasteiger partial charge in [-0.3, -0.25) is 9.69 Å². The van der Waals surface area contributed by atoms with Crippen LogP contribution in [-0.4, -0.2) is 111 Å². The average Bonchev–Trinajstić information content (AvgIpc) is 2.56. The van der Waals surface area contributed by atoms with Crippen molar-refractivity contribution in [3.63, 3.8) is 0 Å². The molecule has 6 heteroatoms. The van der Waals surface area contributed by atoms with Gasteiger partial charge >= 0.3 is 0 Å². The molecule has 0 N–H and O–H groups in total. The van der Waals surface area contributed by atoms with E-state index >= 15 is 0 Å². The molecule has 2 rings (SSSR count). The molecule has 0 radical (unpaired) electrons. The number of fused-ring (bicyclic) bond motifs is 4. The molecule has 0 amide bonds. The standard InChI is InChI=1S/C17H34N4O2/c1-2-4-18-7-9-19-5-3-6-20(10-8-18)12-14-21(13-11-19)15-16-23-17-22/h17H,2-16H2,1H3. The molecule has 2 saturated heterocycles. The van der Waals surface area contributed by atoms with Crippen molar-refractivity contribution in [1.82, 2.24) is 19.6 Å². The molecule has 2 heterocycles. The molecular formula is C17H34N4O2. The van der Waals surface area contributed by atoms with Crippen molar-refractivity contribution in [2.75, 3.05) is 85.1 Å². The zero-order valence-electron chi connectivity index (χ0n) is 14.8. The summed E-state index contributed by atoms with van der Waals surface area (Å²) in [6.45, 7) is 17.0. The number of carbonyl (C=O) groups is 1. The minimum absolute atomic E-state index is 0.508. The van der Waals surface area contributed by atoms with Crippen LogP contribution in [0.1, 0.15) is 19.8 Å². The third-order valence-corrected chi connectivity index (χ3v) is 5.01. The topological polar surface area (TPSA) is 39.3 Å². The van der Waals surface area contributed by atoms with Crippen LogP contribution in [0.2, 0.25) is 0 Å². The molecule has 0 aromatic rings. The van der Waals surface area contributed by atoms with Gasteiger partial charge in [-0.05, 0) is 32.5 Å². The molecule has 0 saturated carbocycles. The van der Waals surface area contributed by atoms with Crippen LogP contribution in [0.5, 0.6) is 0 Å². The fourth-order valence-corrected chi connectivity index (χ4v) is 3.54. The highest BCUT2D eigenvalue weighted by Gasteiger charge is 2.18. The monoisotopic (exact) mass is 326 g/mol. The summed E-state index contributed by atoms with van der Waals surface area (Å²) in [5.74, 6) is 0. The molecule has 134 valence electrons.